The Morgan fingerprint density at radius 1 is 1.06 bits per heavy atom. The van der Waals surface area contributed by atoms with Crippen molar-refractivity contribution in [3.05, 3.63) is 0 Å². The number of likely N-dealkylation sites (N-methyl/N-ethyl adjacent to an activating group) is 2. The van der Waals surface area contributed by atoms with Crippen molar-refractivity contribution in [3.63, 3.8) is 0 Å². The fourth-order valence-electron chi connectivity index (χ4n) is 2.67. The summed E-state index contributed by atoms with van der Waals surface area (Å²) < 4.78 is 2.70. The summed E-state index contributed by atoms with van der Waals surface area (Å²) in [5.41, 5.74) is 0. The number of rotatable bonds is 6. The van der Waals surface area contributed by atoms with Gasteiger partial charge in [0.05, 0.1) is 0 Å². The first-order valence-corrected chi connectivity index (χ1v) is 9.43. The van der Waals surface area contributed by atoms with Crippen LogP contribution in [0.1, 0.15) is 20.3 Å². The lowest BCUT2D eigenvalue weighted by atomic mass is 10.4. The summed E-state index contributed by atoms with van der Waals surface area (Å²) >= 11 is -0.620. The van der Waals surface area contributed by atoms with Crippen molar-refractivity contribution in [2.24, 2.45) is 0 Å². The summed E-state index contributed by atoms with van der Waals surface area (Å²) in [6.45, 7) is 12.1. The molecule has 4 heteroatoms. The predicted octanol–water partition coefficient (Wildman–Crippen LogP) is 1.59. The summed E-state index contributed by atoms with van der Waals surface area (Å²) in [7, 11) is 4.62. The van der Waals surface area contributed by atoms with Crippen molar-refractivity contribution in [2.45, 2.75) is 30.8 Å². The van der Waals surface area contributed by atoms with Gasteiger partial charge in [0.15, 0.2) is 0 Å². The van der Waals surface area contributed by atoms with Crippen LogP contribution in [0.4, 0.5) is 0 Å². The fraction of sp³-hybridized carbons (Fsp3) is 1.00. The molecule has 0 radical (unpaired) electrons. The number of nitrogens with zero attached hydrogens (tertiary/aromatic N) is 3. The molecular weight excluding hydrogens is 225 g/mol. The molecule has 1 rings (SSSR count). The van der Waals surface area contributed by atoms with E-state index in [1.165, 1.54) is 56.3 Å². The van der Waals surface area contributed by atoms with E-state index in [4.69, 9.17) is 0 Å². The maximum atomic E-state index is 2.70. The average molecular weight is 255 g/mol. The van der Waals surface area contributed by atoms with E-state index >= 15 is 0 Å². The Morgan fingerprint density at radius 3 is 2.41 bits per heavy atom. The molecule has 0 bridgehead atoms. The molecule has 17 heavy (non-hydrogen) atoms. The number of hydrogen-bond acceptors (Lipinski definition) is 3. The minimum atomic E-state index is -0.620. The highest BCUT2D eigenvalue weighted by molar-refractivity contribution is 6.55. The van der Waals surface area contributed by atoms with Gasteiger partial charge in [-0.15, -0.1) is 0 Å². The van der Waals surface area contributed by atoms with E-state index in [1.54, 1.807) is 0 Å². The molecule has 1 fully saturated rings. The molecule has 0 saturated carbocycles. The van der Waals surface area contributed by atoms with Gasteiger partial charge in [-0.25, -0.2) is 0 Å². The predicted molar refractivity (Wildman–Crippen MR) is 77.9 cm³/mol. The molecule has 3 nitrogen and oxygen atoms in total. The zero-order valence-electron chi connectivity index (χ0n) is 12.3. The Labute approximate surface area is 112 Å². The summed E-state index contributed by atoms with van der Waals surface area (Å²) in [6.07, 6.45) is 1.41. The lowest BCUT2D eigenvalue weighted by molar-refractivity contribution is 0.303. The van der Waals surface area contributed by atoms with Gasteiger partial charge in [0.25, 0.3) is 0 Å². The molecule has 0 atom stereocenters. The van der Waals surface area contributed by atoms with Crippen LogP contribution in [0.25, 0.3) is 0 Å². The van der Waals surface area contributed by atoms with E-state index in [-0.39, 0.29) is 0 Å². The standard InChI is InChI=1S/C7H16N.C6H14N2.Al/c1-4-7-8(5-2)6-3;1-4-8(3)6-5-7-2;/h1,4-7H2,2-3H3;1,4-6H2,2-3H3;/q;-1;+1. The Morgan fingerprint density at radius 2 is 1.76 bits per heavy atom. The van der Waals surface area contributed by atoms with Crippen molar-refractivity contribution < 1.29 is 0 Å². The lowest BCUT2D eigenvalue weighted by Gasteiger charge is -2.23. The smallest absolute Gasteiger partial charge is 0.373 e. The molecule has 0 unspecified atom stereocenters. The van der Waals surface area contributed by atoms with Crippen LogP contribution < -0.4 is 0 Å². The maximum Gasteiger partial charge on any atom is 0.373 e. The molecule has 0 spiro atoms. The number of hydrogen-bond donors (Lipinski definition) is 0. The quantitative estimate of drug-likeness (QED) is 0.667. The third kappa shape index (κ3) is 5.72. The Balaban J connectivity index is 2.24. The molecule has 100 valence electrons. The third-order valence-electron chi connectivity index (χ3n) is 4.21. The minimum Gasteiger partial charge on any atom is -0.386 e. The van der Waals surface area contributed by atoms with Crippen LogP contribution in [0.15, 0.2) is 0 Å². The first-order chi connectivity index (χ1) is 8.17. The van der Waals surface area contributed by atoms with Crippen molar-refractivity contribution >= 4 is 14.4 Å². The van der Waals surface area contributed by atoms with Crippen molar-refractivity contribution in [1.29, 1.82) is 0 Å². The Hall–Kier alpha value is 0.412. The van der Waals surface area contributed by atoms with Crippen LogP contribution in [-0.4, -0.2) is 81.4 Å². The Kier molecular flexibility index (Phi) is 7.74. The zero-order valence-corrected chi connectivity index (χ0v) is 13.4. The van der Waals surface area contributed by atoms with Gasteiger partial charge in [-0.05, 0) is 46.8 Å². The summed E-state index contributed by atoms with van der Waals surface area (Å²) in [5.74, 6) is 0. The van der Waals surface area contributed by atoms with E-state index in [1.807, 2.05) is 0 Å². The molecule has 1 aliphatic heterocycles. The first-order valence-electron chi connectivity index (χ1n) is 7.28. The van der Waals surface area contributed by atoms with Gasteiger partial charge < -0.3 is 13.7 Å². The van der Waals surface area contributed by atoms with Crippen molar-refractivity contribution in [2.75, 3.05) is 53.4 Å². The molecule has 1 saturated heterocycles. The van der Waals surface area contributed by atoms with Crippen LogP contribution in [0.3, 0.4) is 0 Å². The first kappa shape index (κ1) is 15.5. The monoisotopic (exact) mass is 255 g/mol. The molecule has 1 heterocycles. The lowest BCUT2D eigenvalue weighted by Crippen LogP contribution is -2.37. The largest absolute Gasteiger partial charge is 0.386 e. The van der Waals surface area contributed by atoms with Gasteiger partial charge in [-0.2, -0.15) is 0 Å². The van der Waals surface area contributed by atoms with Crippen LogP contribution >= 0.6 is 0 Å². The molecular formula is C13H30AlN3. The molecule has 0 aromatic carbocycles. The molecule has 1 aliphatic rings. The summed E-state index contributed by atoms with van der Waals surface area (Å²) in [5, 5.41) is 2.98. The molecule has 0 aliphatic carbocycles. The minimum absolute atomic E-state index is 0.620. The van der Waals surface area contributed by atoms with E-state index in [2.05, 4.69) is 41.6 Å². The molecule has 0 N–H and O–H groups in total. The zero-order chi connectivity index (χ0) is 12.7. The molecule has 0 aromatic rings. The van der Waals surface area contributed by atoms with Gasteiger partial charge in [0, 0.05) is 6.54 Å². The van der Waals surface area contributed by atoms with Crippen LogP contribution in [0.5, 0.6) is 0 Å². The highest BCUT2D eigenvalue weighted by atomic mass is 27.2. The normalized spacial score (nSPS) is 19.9. The van der Waals surface area contributed by atoms with Crippen LogP contribution in [0, 0.1) is 0 Å². The van der Waals surface area contributed by atoms with Gasteiger partial charge in [0.1, 0.15) is 0 Å². The highest BCUT2D eigenvalue weighted by Gasteiger charge is 2.26. The maximum absolute atomic E-state index is 2.70. The average Bonchev–Trinajstić information content (AvgIpc) is 2.49. The van der Waals surface area contributed by atoms with Crippen molar-refractivity contribution in [3.8, 4) is 0 Å². The Bertz CT molecular complexity index is 197. The third-order valence-corrected chi connectivity index (χ3v) is 7.71. The molecule has 0 amide bonds. The SMILES string of the molecule is CCN(CC)CC[CH2][Al]1[CH2]CN(C)CC[N]1C. The fourth-order valence-corrected chi connectivity index (χ4v) is 5.71. The van der Waals surface area contributed by atoms with Crippen LogP contribution in [0.2, 0.25) is 10.6 Å². The van der Waals surface area contributed by atoms with Crippen molar-refractivity contribution in [1.82, 2.24) is 13.7 Å². The topological polar surface area (TPSA) is 9.72 Å². The van der Waals surface area contributed by atoms with Gasteiger partial charge in [-0.3, -0.25) is 0 Å². The second kappa shape index (κ2) is 8.50. The van der Waals surface area contributed by atoms with Gasteiger partial charge in [0.2, 0.25) is 0 Å². The molecule has 0 aromatic heterocycles. The van der Waals surface area contributed by atoms with E-state index in [0.29, 0.717) is 0 Å². The van der Waals surface area contributed by atoms with Gasteiger partial charge >= 0.3 is 14.4 Å². The van der Waals surface area contributed by atoms with E-state index in [0.717, 1.165) is 0 Å². The summed E-state index contributed by atoms with van der Waals surface area (Å²) in [4.78, 5) is 5.05. The van der Waals surface area contributed by atoms with E-state index < -0.39 is 14.4 Å². The second-order valence-corrected chi connectivity index (χ2v) is 8.74. The van der Waals surface area contributed by atoms with Gasteiger partial charge in [-0.1, -0.05) is 30.8 Å². The van der Waals surface area contributed by atoms with Crippen LogP contribution in [-0.2, 0) is 0 Å². The summed E-state index contributed by atoms with van der Waals surface area (Å²) in [6, 6.07) is 0. The highest BCUT2D eigenvalue weighted by Crippen LogP contribution is 2.12. The second-order valence-electron chi connectivity index (χ2n) is 5.40. The van der Waals surface area contributed by atoms with E-state index in [9.17, 15) is 0 Å².